The summed E-state index contributed by atoms with van der Waals surface area (Å²) in [6.07, 6.45) is 1.86. The zero-order valence-electron chi connectivity index (χ0n) is 10.4. The zero-order valence-corrected chi connectivity index (χ0v) is 10.4. The van der Waals surface area contributed by atoms with Gasteiger partial charge in [-0.05, 0) is 18.6 Å². The maximum atomic E-state index is 11.6. The van der Waals surface area contributed by atoms with Crippen molar-refractivity contribution >= 4 is 17.6 Å². The van der Waals surface area contributed by atoms with Crippen LogP contribution in [0.2, 0.25) is 0 Å². The molecule has 0 aliphatic heterocycles. The molecule has 1 N–H and O–H groups in total. The van der Waals surface area contributed by atoms with Crippen LogP contribution in [0.4, 0.5) is 0 Å². The Hall–Kier alpha value is -1.97. The molecule has 4 heteroatoms. The van der Waals surface area contributed by atoms with Gasteiger partial charge >= 0.3 is 0 Å². The van der Waals surface area contributed by atoms with Crippen molar-refractivity contribution in [2.45, 2.75) is 32.6 Å². The summed E-state index contributed by atoms with van der Waals surface area (Å²) >= 11 is 0. The predicted molar refractivity (Wildman–Crippen MR) is 68.1 cm³/mol. The van der Waals surface area contributed by atoms with Crippen molar-refractivity contribution in [2.75, 3.05) is 0 Å². The third-order valence-corrected chi connectivity index (χ3v) is 2.46. The summed E-state index contributed by atoms with van der Waals surface area (Å²) in [5.74, 6) is -1.14. The Bertz CT molecular complexity index is 426. The molecule has 0 saturated carbocycles. The molecule has 0 unspecified atom stereocenters. The summed E-state index contributed by atoms with van der Waals surface area (Å²) in [6.45, 7) is 1.98. The van der Waals surface area contributed by atoms with Crippen LogP contribution < -0.4 is 5.32 Å². The number of nitrogens with one attached hydrogen (secondary N) is 1. The fraction of sp³-hybridized carbons (Fsp3) is 0.357. The molecule has 0 heterocycles. The molecule has 0 fully saturated rings. The Balaban J connectivity index is 2.41. The number of imide groups is 1. The number of carbonyl (C=O) groups is 3. The smallest absolute Gasteiger partial charge is 0.257 e. The minimum Gasteiger partial charge on any atom is -0.299 e. The van der Waals surface area contributed by atoms with E-state index in [-0.39, 0.29) is 12.2 Å². The van der Waals surface area contributed by atoms with Gasteiger partial charge in [0.15, 0.2) is 0 Å². The molecule has 1 rings (SSSR count). The van der Waals surface area contributed by atoms with Gasteiger partial charge in [0.1, 0.15) is 5.78 Å². The molecule has 0 aliphatic carbocycles. The van der Waals surface area contributed by atoms with Gasteiger partial charge in [0, 0.05) is 12.0 Å². The second kappa shape index (κ2) is 7.37. The number of hydrogen-bond donors (Lipinski definition) is 1. The van der Waals surface area contributed by atoms with E-state index in [9.17, 15) is 14.4 Å². The monoisotopic (exact) mass is 247 g/mol. The van der Waals surface area contributed by atoms with Gasteiger partial charge in [0.05, 0.1) is 6.42 Å². The lowest BCUT2D eigenvalue weighted by Gasteiger charge is -2.03. The molecule has 0 bridgehead atoms. The molecular weight excluding hydrogens is 230 g/mol. The Labute approximate surface area is 106 Å². The first-order valence-corrected chi connectivity index (χ1v) is 6.04. The first-order valence-electron chi connectivity index (χ1n) is 6.04. The van der Waals surface area contributed by atoms with Crippen LogP contribution in [-0.2, 0) is 9.59 Å². The van der Waals surface area contributed by atoms with E-state index in [1.165, 1.54) is 0 Å². The normalized spacial score (nSPS) is 9.83. The van der Waals surface area contributed by atoms with Crippen LogP contribution in [0.25, 0.3) is 0 Å². The van der Waals surface area contributed by atoms with Crippen LogP contribution in [0.3, 0.4) is 0 Å². The number of hydrogen-bond acceptors (Lipinski definition) is 3. The fourth-order valence-electron chi connectivity index (χ4n) is 1.47. The highest BCUT2D eigenvalue weighted by molar-refractivity contribution is 6.09. The van der Waals surface area contributed by atoms with E-state index in [0.717, 1.165) is 12.8 Å². The Morgan fingerprint density at radius 2 is 1.78 bits per heavy atom. The second-order valence-electron chi connectivity index (χ2n) is 4.06. The van der Waals surface area contributed by atoms with Gasteiger partial charge in [0.25, 0.3) is 5.91 Å². The summed E-state index contributed by atoms with van der Waals surface area (Å²) in [7, 11) is 0. The molecule has 0 atom stereocenters. The van der Waals surface area contributed by atoms with E-state index in [1.54, 1.807) is 30.3 Å². The Morgan fingerprint density at radius 3 is 2.39 bits per heavy atom. The lowest BCUT2D eigenvalue weighted by Crippen LogP contribution is -2.31. The Kier molecular flexibility index (Phi) is 5.77. The molecule has 0 spiro atoms. The summed E-state index contributed by atoms with van der Waals surface area (Å²) in [5, 5.41) is 2.20. The average Bonchev–Trinajstić information content (AvgIpc) is 2.37. The van der Waals surface area contributed by atoms with Gasteiger partial charge in [-0.15, -0.1) is 0 Å². The van der Waals surface area contributed by atoms with Crippen molar-refractivity contribution in [1.82, 2.24) is 5.32 Å². The summed E-state index contributed by atoms with van der Waals surface area (Å²) in [5.41, 5.74) is 0.409. The van der Waals surface area contributed by atoms with Gasteiger partial charge in [-0.1, -0.05) is 31.5 Å². The van der Waals surface area contributed by atoms with Crippen LogP contribution >= 0.6 is 0 Å². The topological polar surface area (TPSA) is 63.2 Å². The van der Waals surface area contributed by atoms with E-state index < -0.39 is 11.8 Å². The van der Waals surface area contributed by atoms with Crippen LogP contribution in [0, 0.1) is 0 Å². The van der Waals surface area contributed by atoms with E-state index in [1.807, 2.05) is 6.92 Å². The third-order valence-electron chi connectivity index (χ3n) is 2.46. The minimum atomic E-state index is -0.537. The first-order chi connectivity index (χ1) is 8.63. The van der Waals surface area contributed by atoms with Gasteiger partial charge in [-0.2, -0.15) is 0 Å². The summed E-state index contributed by atoms with van der Waals surface area (Å²) in [6, 6.07) is 8.44. The first kappa shape index (κ1) is 14.1. The second-order valence-corrected chi connectivity index (χ2v) is 4.06. The van der Waals surface area contributed by atoms with Gasteiger partial charge in [-0.3, -0.25) is 19.7 Å². The van der Waals surface area contributed by atoms with Crippen molar-refractivity contribution in [3.05, 3.63) is 35.9 Å². The van der Waals surface area contributed by atoms with E-state index in [4.69, 9.17) is 0 Å². The van der Waals surface area contributed by atoms with Crippen LogP contribution in [0.1, 0.15) is 43.0 Å². The van der Waals surface area contributed by atoms with Crippen LogP contribution in [0.15, 0.2) is 30.3 Å². The standard InChI is InChI=1S/C14H17NO3/c1-2-3-9-12(16)10-13(17)15-14(18)11-7-5-4-6-8-11/h4-8H,2-3,9-10H2,1H3,(H,15,17,18). The van der Waals surface area contributed by atoms with Gasteiger partial charge < -0.3 is 0 Å². The van der Waals surface area contributed by atoms with Crippen molar-refractivity contribution in [2.24, 2.45) is 0 Å². The number of amides is 2. The molecule has 0 saturated heterocycles. The number of Topliss-reactive ketones (excluding diaryl/α,β-unsaturated/α-hetero) is 1. The lowest BCUT2D eigenvalue weighted by molar-refractivity contribution is -0.127. The molecule has 0 aromatic heterocycles. The highest BCUT2D eigenvalue weighted by Gasteiger charge is 2.13. The Morgan fingerprint density at radius 1 is 1.11 bits per heavy atom. The highest BCUT2D eigenvalue weighted by Crippen LogP contribution is 2.00. The maximum Gasteiger partial charge on any atom is 0.257 e. The largest absolute Gasteiger partial charge is 0.299 e. The quantitative estimate of drug-likeness (QED) is 0.783. The number of carbonyl (C=O) groups excluding carboxylic acids is 3. The van der Waals surface area contributed by atoms with Gasteiger partial charge in [0.2, 0.25) is 5.91 Å². The molecule has 0 radical (unpaired) electrons. The van der Waals surface area contributed by atoms with Gasteiger partial charge in [-0.25, -0.2) is 0 Å². The molecule has 1 aromatic carbocycles. The van der Waals surface area contributed by atoms with Crippen molar-refractivity contribution in [3.63, 3.8) is 0 Å². The number of ketones is 1. The molecule has 96 valence electrons. The van der Waals surface area contributed by atoms with Crippen molar-refractivity contribution in [3.8, 4) is 0 Å². The number of unbranched alkanes of at least 4 members (excludes halogenated alkanes) is 1. The molecule has 1 aromatic rings. The summed E-state index contributed by atoms with van der Waals surface area (Å²) in [4.78, 5) is 34.4. The fourth-order valence-corrected chi connectivity index (χ4v) is 1.47. The lowest BCUT2D eigenvalue weighted by atomic mass is 10.1. The summed E-state index contributed by atoms with van der Waals surface area (Å²) < 4.78 is 0. The zero-order chi connectivity index (χ0) is 13.4. The van der Waals surface area contributed by atoms with Crippen LogP contribution in [-0.4, -0.2) is 17.6 Å². The van der Waals surface area contributed by atoms with Crippen molar-refractivity contribution in [1.29, 1.82) is 0 Å². The maximum absolute atomic E-state index is 11.6. The average molecular weight is 247 g/mol. The van der Waals surface area contributed by atoms with E-state index in [0.29, 0.717) is 12.0 Å². The molecule has 0 aliphatic rings. The molecule has 18 heavy (non-hydrogen) atoms. The highest BCUT2D eigenvalue weighted by atomic mass is 16.2. The van der Waals surface area contributed by atoms with E-state index in [2.05, 4.69) is 5.32 Å². The SMILES string of the molecule is CCCCC(=O)CC(=O)NC(=O)c1ccccc1. The number of rotatable bonds is 6. The van der Waals surface area contributed by atoms with Crippen molar-refractivity contribution < 1.29 is 14.4 Å². The molecule has 4 nitrogen and oxygen atoms in total. The van der Waals surface area contributed by atoms with Crippen LogP contribution in [0.5, 0.6) is 0 Å². The minimum absolute atomic E-state index is 0.129. The number of benzene rings is 1. The third kappa shape index (κ3) is 4.91. The predicted octanol–water partition coefficient (Wildman–Crippen LogP) is 2.09. The van der Waals surface area contributed by atoms with E-state index >= 15 is 0 Å². The molecular formula is C14H17NO3. The molecule has 2 amide bonds.